The number of rotatable bonds is 2. The lowest BCUT2D eigenvalue weighted by atomic mass is 9.89. The highest BCUT2D eigenvalue weighted by molar-refractivity contribution is 6.04. The van der Waals surface area contributed by atoms with E-state index in [1.54, 1.807) is 7.11 Å². The summed E-state index contributed by atoms with van der Waals surface area (Å²) in [4.78, 5) is 17.5. The van der Waals surface area contributed by atoms with Crippen LogP contribution in [0.5, 0.6) is 5.75 Å². The molecule has 2 atom stereocenters. The highest BCUT2D eigenvalue weighted by Gasteiger charge is 2.43. The summed E-state index contributed by atoms with van der Waals surface area (Å²) in [5, 5.41) is 3.05. The minimum atomic E-state index is -0.0580. The normalized spacial score (nSPS) is 21.9. The zero-order chi connectivity index (χ0) is 18.3. The Kier molecular flexibility index (Phi) is 4.32. The van der Waals surface area contributed by atoms with Crippen LogP contribution in [0.3, 0.4) is 0 Å². The van der Waals surface area contributed by atoms with Gasteiger partial charge in [0.05, 0.1) is 7.11 Å². The second-order valence-corrected chi connectivity index (χ2v) is 7.32. The number of carbonyl (C=O) groups excluding carboxylic acids is 1. The van der Waals surface area contributed by atoms with Crippen molar-refractivity contribution in [2.24, 2.45) is 0 Å². The number of anilines is 2. The maximum atomic E-state index is 13.1. The summed E-state index contributed by atoms with van der Waals surface area (Å²) in [7, 11) is 3.79. The average molecular weight is 351 g/mol. The molecule has 0 saturated carbocycles. The number of fused-ring (bicyclic) bond motifs is 3. The zero-order valence-electron chi connectivity index (χ0n) is 15.5. The van der Waals surface area contributed by atoms with Gasteiger partial charge in [0.15, 0.2) is 0 Å². The molecule has 0 aliphatic carbocycles. The Bertz CT molecular complexity index is 819. The quantitative estimate of drug-likeness (QED) is 0.894. The number of carbonyl (C=O) groups is 1. The molecule has 0 spiro atoms. The minimum absolute atomic E-state index is 0.0580. The number of aryl methyl sites for hydroxylation is 1. The van der Waals surface area contributed by atoms with Gasteiger partial charge in [0.2, 0.25) is 0 Å². The van der Waals surface area contributed by atoms with Crippen molar-refractivity contribution >= 4 is 17.4 Å². The fraction of sp³-hybridized carbons (Fsp3) is 0.381. The third-order valence-corrected chi connectivity index (χ3v) is 5.51. The van der Waals surface area contributed by atoms with Gasteiger partial charge in [0, 0.05) is 29.9 Å². The molecule has 2 aliphatic rings. The number of likely N-dealkylation sites (tertiary alicyclic amines) is 1. The van der Waals surface area contributed by atoms with E-state index >= 15 is 0 Å². The summed E-state index contributed by atoms with van der Waals surface area (Å²) in [6.45, 7) is 4.12. The van der Waals surface area contributed by atoms with E-state index in [4.69, 9.17) is 4.74 Å². The Morgan fingerprint density at radius 3 is 2.69 bits per heavy atom. The van der Waals surface area contributed by atoms with Crippen molar-refractivity contribution < 1.29 is 9.53 Å². The largest absolute Gasteiger partial charge is 0.497 e. The first kappa shape index (κ1) is 16.9. The number of urea groups is 1. The van der Waals surface area contributed by atoms with Gasteiger partial charge in [-0.25, -0.2) is 4.79 Å². The van der Waals surface area contributed by atoms with Crippen LogP contribution in [0.25, 0.3) is 0 Å². The Morgan fingerprint density at radius 1 is 1.19 bits per heavy atom. The topological polar surface area (TPSA) is 44.8 Å². The molecule has 5 heteroatoms. The fourth-order valence-electron chi connectivity index (χ4n) is 4.20. The molecule has 2 heterocycles. The molecular formula is C21H25N3O2. The summed E-state index contributed by atoms with van der Waals surface area (Å²) in [6, 6.07) is 14.0. The summed E-state index contributed by atoms with van der Waals surface area (Å²) in [6.07, 6.45) is 0.991. The van der Waals surface area contributed by atoms with Gasteiger partial charge < -0.3 is 15.0 Å². The second-order valence-electron chi connectivity index (χ2n) is 7.32. The second kappa shape index (κ2) is 6.65. The SMILES string of the molecule is COc1ccc(NC(=O)N2c3ccc(C)cc3C3CN(C)CCC32)cc1. The maximum Gasteiger partial charge on any atom is 0.326 e. The molecule has 5 nitrogen and oxygen atoms in total. The smallest absolute Gasteiger partial charge is 0.326 e. The predicted octanol–water partition coefficient (Wildman–Crippen LogP) is 3.84. The number of likely N-dealkylation sites (N-methyl/N-ethyl adjacent to an activating group) is 1. The molecule has 0 aromatic heterocycles. The summed E-state index contributed by atoms with van der Waals surface area (Å²) in [5.41, 5.74) is 4.37. The van der Waals surface area contributed by atoms with Crippen molar-refractivity contribution in [2.45, 2.75) is 25.3 Å². The molecule has 2 unspecified atom stereocenters. The molecule has 1 N–H and O–H groups in total. The van der Waals surface area contributed by atoms with Gasteiger partial charge in [-0.05, 0) is 62.8 Å². The molecule has 4 rings (SSSR count). The average Bonchev–Trinajstić information content (AvgIpc) is 2.95. The van der Waals surface area contributed by atoms with Crippen LogP contribution in [0.15, 0.2) is 42.5 Å². The van der Waals surface area contributed by atoms with E-state index < -0.39 is 0 Å². The molecule has 2 aliphatic heterocycles. The highest BCUT2D eigenvalue weighted by atomic mass is 16.5. The van der Waals surface area contributed by atoms with Crippen molar-refractivity contribution in [1.82, 2.24) is 4.90 Å². The zero-order valence-corrected chi connectivity index (χ0v) is 15.5. The first-order chi connectivity index (χ1) is 12.6. The molecule has 2 aromatic carbocycles. The number of amides is 2. The van der Waals surface area contributed by atoms with Gasteiger partial charge in [0.25, 0.3) is 0 Å². The minimum Gasteiger partial charge on any atom is -0.497 e. The van der Waals surface area contributed by atoms with Gasteiger partial charge in [-0.1, -0.05) is 17.7 Å². The summed E-state index contributed by atoms with van der Waals surface area (Å²) in [5.74, 6) is 1.16. The van der Waals surface area contributed by atoms with Crippen molar-refractivity contribution in [3.8, 4) is 5.75 Å². The number of nitrogens with one attached hydrogen (secondary N) is 1. The van der Waals surface area contributed by atoms with Crippen LogP contribution in [0, 0.1) is 6.92 Å². The van der Waals surface area contributed by atoms with Gasteiger partial charge >= 0.3 is 6.03 Å². The van der Waals surface area contributed by atoms with E-state index in [0.717, 1.165) is 36.6 Å². The first-order valence-electron chi connectivity index (χ1n) is 9.10. The number of hydrogen-bond donors (Lipinski definition) is 1. The molecule has 1 saturated heterocycles. The van der Waals surface area contributed by atoms with Crippen LogP contribution in [0.1, 0.15) is 23.5 Å². The Hall–Kier alpha value is -2.53. The van der Waals surface area contributed by atoms with E-state index in [1.165, 1.54) is 11.1 Å². The van der Waals surface area contributed by atoms with E-state index in [-0.39, 0.29) is 12.1 Å². The highest BCUT2D eigenvalue weighted by Crippen LogP contribution is 2.45. The molecule has 1 fully saturated rings. The predicted molar refractivity (Wildman–Crippen MR) is 104 cm³/mol. The van der Waals surface area contributed by atoms with Gasteiger partial charge in [-0.15, -0.1) is 0 Å². The third-order valence-electron chi connectivity index (χ3n) is 5.51. The summed E-state index contributed by atoms with van der Waals surface area (Å²) >= 11 is 0. The number of ether oxygens (including phenoxy) is 1. The van der Waals surface area contributed by atoms with E-state index in [9.17, 15) is 4.79 Å². The molecular weight excluding hydrogens is 326 g/mol. The lowest BCUT2D eigenvalue weighted by Gasteiger charge is -2.36. The van der Waals surface area contributed by atoms with Crippen molar-refractivity contribution in [2.75, 3.05) is 37.5 Å². The maximum absolute atomic E-state index is 13.1. The van der Waals surface area contributed by atoms with Crippen LogP contribution in [0.4, 0.5) is 16.2 Å². The number of hydrogen-bond acceptors (Lipinski definition) is 3. The molecule has 0 radical (unpaired) electrons. The number of nitrogens with zero attached hydrogens (tertiary/aromatic N) is 2. The molecule has 0 bridgehead atoms. The van der Waals surface area contributed by atoms with Gasteiger partial charge in [-0.3, -0.25) is 4.90 Å². The number of benzene rings is 2. The van der Waals surface area contributed by atoms with Crippen LogP contribution in [-0.2, 0) is 0 Å². The van der Waals surface area contributed by atoms with E-state index in [0.29, 0.717) is 5.92 Å². The fourth-order valence-corrected chi connectivity index (χ4v) is 4.20. The first-order valence-corrected chi connectivity index (χ1v) is 9.10. The van der Waals surface area contributed by atoms with Crippen LogP contribution in [-0.4, -0.2) is 44.2 Å². The Morgan fingerprint density at radius 2 is 1.96 bits per heavy atom. The van der Waals surface area contributed by atoms with Gasteiger partial charge in [-0.2, -0.15) is 0 Å². The van der Waals surface area contributed by atoms with E-state index in [1.807, 2.05) is 29.2 Å². The van der Waals surface area contributed by atoms with Crippen molar-refractivity contribution in [3.63, 3.8) is 0 Å². The lowest BCUT2D eigenvalue weighted by Crippen LogP contribution is -2.48. The van der Waals surface area contributed by atoms with Crippen LogP contribution in [0.2, 0.25) is 0 Å². The lowest BCUT2D eigenvalue weighted by molar-refractivity contribution is 0.224. The molecule has 26 heavy (non-hydrogen) atoms. The molecule has 2 aromatic rings. The van der Waals surface area contributed by atoms with Crippen molar-refractivity contribution in [1.29, 1.82) is 0 Å². The third kappa shape index (κ3) is 2.92. The van der Waals surface area contributed by atoms with Crippen LogP contribution >= 0.6 is 0 Å². The van der Waals surface area contributed by atoms with Gasteiger partial charge in [0.1, 0.15) is 5.75 Å². The van der Waals surface area contributed by atoms with Crippen molar-refractivity contribution in [3.05, 3.63) is 53.6 Å². The number of methoxy groups -OCH3 is 1. The van der Waals surface area contributed by atoms with Crippen LogP contribution < -0.4 is 15.0 Å². The number of piperidine rings is 1. The Balaban J connectivity index is 1.63. The monoisotopic (exact) mass is 351 g/mol. The standard InChI is InChI=1S/C21H25N3O2/c1-14-4-9-19-17(12-14)18-13-23(2)11-10-20(18)24(19)21(25)22-15-5-7-16(26-3)8-6-15/h4-9,12,18,20H,10-11,13H2,1-3H3,(H,22,25). The molecule has 2 amide bonds. The van der Waals surface area contributed by atoms with E-state index in [2.05, 4.69) is 42.4 Å². The molecule has 136 valence electrons. The summed E-state index contributed by atoms with van der Waals surface area (Å²) < 4.78 is 5.18. The Labute approximate surface area is 154 Å².